The van der Waals surface area contributed by atoms with Crippen molar-refractivity contribution in [1.82, 2.24) is 0 Å². The van der Waals surface area contributed by atoms with E-state index < -0.39 is 0 Å². The van der Waals surface area contributed by atoms with Crippen LogP contribution in [0.1, 0.15) is 11.1 Å². The van der Waals surface area contributed by atoms with Gasteiger partial charge in [0.25, 0.3) is 0 Å². The lowest BCUT2D eigenvalue weighted by atomic mass is 10.0. The van der Waals surface area contributed by atoms with Crippen molar-refractivity contribution < 1.29 is 14.3 Å². The van der Waals surface area contributed by atoms with Gasteiger partial charge in [0, 0.05) is 10.6 Å². The van der Waals surface area contributed by atoms with E-state index in [-0.39, 0.29) is 5.91 Å². The minimum atomic E-state index is -0.0274. The van der Waals surface area contributed by atoms with Gasteiger partial charge in [-0.1, -0.05) is 48.5 Å². The van der Waals surface area contributed by atoms with E-state index in [2.05, 4.69) is 23.5 Å². The standard InChI is InChI=1S/C23H21NO3S/c25-23(16-28-19-10-11-21-22(15-19)27-13-12-26-21)24-20-9-5-4-8-18(20)14-17-6-2-1-3-7-17/h1-11,15H,12-14,16H2,(H,24,25). The third kappa shape index (κ3) is 4.67. The van der Waals surface area contributed by atoms with Crippen molar-refractivity contribution in [3.8, 4) is 11.5 Å². The van der Waals surface area contributed by atoms with Gasteiger partial charge in [-0.05, 0) is 41.8 Å². The Bertz CT molecular complexity index is 959. The zero-order valence-corrected chi connectivity index (χ0v) is 16.2. The third-order valence-corrected chi connectivity index (χ3v) is 5.41. The maximum absolute atomic E-state index is 12.5. The van der Waals surface area contributed by atoms with E-state index in [4.69, 9.17) is 9.47 Å². The quantitative estimate of drug-likeness (QED) is 0.615. The number of para-hydroxylation sites is 1. The molecule has 0 aliphatic carbocycles. The third-order valence-electron chi connectivity index (χ3n) is 4.41. The molecule has 3 aromatic carbocycles. The van der Waals surface area contributed by atoms with Crippen molar-refractivity contribution in [2.45, 2.75) is 11.3 Å². The van der Waals surface area contributed by atoms with Gasteiger partial charge in [-0.2, -0.15) is 0 Å². The fourth-order valence-corrected chi connectivity index (χ4v) is 3.79. The Hall–Kier alpha value is -2.92. The monoisotopic (exact) mass is 391 g/mol. The number of carbonyl (C=O) groups is 1. The van der Waals surface area contributed by atoms with Crippen LogP contribution in [0.25, 0.3) is 0 Å². The predicted molar refractivity (Wildman–Crippen MR) is 112 cm³/mol. The molecule has 4 rings (SSSR count). The number of carbonyl (C=O) groups excluding carboxylic acids is 1. The van der Waals surface area contributed by atoms with E-state index in [1.165, 1.54) is 17.3 Å². The van der Waals surface area contributed by atoms with Crippen LogP contribution in [0.5, 0.6) is 11.5 Å². The van der Waals surface area contributed by atoms with E-state index in [1.54, 1.807) is 0 Å². The Labute approximate surface area is 168 Å². The van der Waals surface area contributed by atoms with Crippen molar-refractivity contribution in [3.63, 3.8) is 0 Å². The largest absolute Gasteiger partial charge is 0.486 e. The van der Waals surface area contributed by atoms with E-state index in [1.807, 2.05) is 54.6 Å². The number of amides is 1. The summed E-state index contributed by atoms with van der Waals surface area (Å²) in [5, 5.41) is 3.05. The first-order chi connectivity index (χ1) is 13.8. The predicted octanol–water partition coefficient (Wildman–Crippen LogP) is 4.78. The highest BCUT2D eigenvalue weighted by Crippen LogP contribution is 2.34. The highest BCUT2D eigenvalue weighted by atomic mass is 32.2. The Morgan fingerprint density at radius 1 is 0.893 bits per heavy atom. The van der Waals surface area contributed by atoms with E-state index in [0.717, 1.165) is 34.1 Å². The Morgan fingerprint density at radius 3 is 2.50 bits per heavy atom. The van der Waals surface area contributed by atoms with Gasteiger partial charge in [0.2, 0.25) is 5.91 Å². The molecule has 0 bridgehead atoms. The van der Waals surface area contributed by atoms with Crippen molar-refractivity contribution >= 4 is 23.4 Å². The van der Waals surface area contributed by atoms with Crippen LogP contribution in [-0.2, 0) is 11.2 Å². The maximum Gasteiger partial charge on any atom is 0.234 e. The fourth-order valence-electron chi connectivity index (χ4n) is 3.06. The summed E-state index contributed by atoms with van der Waals surface area (Å²) in [7, 11) is 0. The zero-order chi connectivity index (χ0) is 19.2. The molecule has 4 nitrogen and oxygen atoms in total. The van der Waals surface area contributed by atoms with Crippen LogP contribution in [0.15, 0.2) is 77.7 Å². The lowest BCUT2D eigenvalue weighted by molar-refractivity contribution is -0.113. The molecule has 1 aliphatic heterocycles. The minimum absolute atomic E-state index is 0.0274. The molecule has 1 N–H and O–H groups in total. The molecule has 0 aromatic heterocycles. The van der Waals surface area contributed by atoms with E-state index in [0.29, 0.717) is 19.0 Å². The minimum Gasteiger partial charge on any atom is -0.486 e. The van der Waals surface area contributed by atoms with Gasteiger partial charge in [-0.15, -0.1) is 11.8 Å². The molecule has 1 amide bonds. The van der Waals surface area contributed by atoms with Crippen LogP contribution in [0, 0.1) is 0 Å². The SMILES string of the molecule is O=C(CSc1ccc2c(c1)OCCO2)Nc1ccccc1Cc1ccccc1. The van der Waals surface area contributed by atoms with Crippen LogP contribution >= 0.6 is 11.8 Å². The van der Waals surface area contributed by atoms with Crippen LogP contribution in [0.4, 0.5) is 5.69 Å². The lowest BCUT2D eigenvalue weighted by Gasteiger charge is -2.18. The number of benzene rings is 3. The fraction of sp³-hybridized carbons (Fsp3) is 0.174. The summed E-state index contributed by atoms with van der Waals surface area (Å²) in [4.78, 5) is 13.5. The number of rotatable bonds is 6. The summed E-state index contributed by atoms with van der Waals surface area (Å²) in [6, 6.07) is 24.0. The first-order valence-electron chi connectivity index (χ1n) is 9.22. The van der Waals surface area contributed by atoms with Crippen molar-refractivity contribution in [2.75, 3.05) is 24.3 Å². The van der Waals surface area contributed by atoms with E-state index in [9.17, 15) is 4.79 Å². The number of fused-ring (bicyclic) bond motifs is 1. The Kier molecular flexibility index (Phi) is 5.83. The summed E-state index contributed by atoms with van der Waals surface area (Å²) >= 11 is 1.48. The lowest BCUT2D eigenvalue weighted by Crippen LogP contribution is -2.16. The van der Waals surface area contributed by atoms with Crippen LogP contribution in [-0.4, -0.2) is 24.9 Å². The summed E-state index contributed by atoms with van der Waals surface area (Å²) in [6.07, 6.45) is 0.784. The summed E-state index contributed by atoms with van der Waals surface area (Å²) in [5.74, 6) is 1.81. The average molecular weight is 391 g/mol. The second kappa shape index (κ2) is 8.85. The van der Waals surface area contributed by atoms with Gasteiger partial charge in [0.15, 0.2) is 11.5 Å². The van der Waals surface area contributed by atoms with Gasteiger partial charge in [-0.3, -0.25) is 4.79 Å². The summed E-state index contributed by atoms with van der Waals surface area (Å²) < 4.78 is 11.1. The second-order valence-corrected chi connectivity index (χ2v) is 7.51. The van der Waals surface area contributed by atoms with Crippen LogP contribution < -0.4 is 14.8 Å². The Balaban J connectivity index is 1.38. The molecule has 0 saturated heterocycles. The zero-order valence-electron chi connectivity index (χ0n) is 15.4. The molecule has 142 valence electrons. The van der Waals surface area contributed by atoms with E-state index >= 15 is 0 Å². The number of ether oxygens (including phenoxy) is 2. The van der Waals surface area contributed by atoms with Gasteiger partial charge < -0.3 is 14.8 Å². The van der Waals surface area contributed by atoms with Gasteiger partial charge >= 0.3 is 0 Å². The smallest absolute Gasteiger partial charge is 0.234 e. The Morgan fingerprint density at radius 2 is 1.64 bits per heavy atom. The molecular formula is C23H21NO3S. The van der Waals surface area contributed by atoms with Crippen molar-refractivity contribution in [1.29, 1.82) is 0 Å². The van der Waals surface area contributed by atoms with Crippen molar-refractivity contribution in [3.05, 3.63) is 83.9 Å². The van der Waals surface area contributed by atoms with Gasteiger partial charge in [0.05, 0.1) is 5.75 Å². The second-order valence-electron chi connectivity index (χ2n) is 6.46. The topological polar surface area (TPSA) is 47.6 Å². The molecule has 0 spiro atoms. The summed E-state index contributed by atoms with van der Waals surface area (Å²) in [6.45, 7) is 1.13. The van der Waals surface area contributed by atoms with Crippen LogP contribution in [0.3, 0.4) is 0 Å². The number of thioether (sulfide) groups is 1. The maximum atomic E-state index is 12.5. The molecule has 0 unspecified atom stereocenters. The number of nitrogens with one attached hydrogen (secondary N) is 1. The molecule has 1 heterocycles. The molecule has 5 heteroatoms. The van der Waals surface area contributed by atoms with Crippen molar-refractivity contribution in [2.24, 2.45) is 0 Å². The molecule has 3 aromatic rings. The molecule has 0 fully saturated rings. The molecule has 0 saturated carbocycles. The normalized spacial score (nSPS) is 12.4. The first-order valence-corrected chi connectivity index (χ1v) is 10.2. The number of hydrogen-bond donors (Lipinski definition) is 1. The van der Waals surface area contributed by atoms with Gasteiger partial charge in [-0.25, -0.2) is 0 Å². The molecular weight excluding hydrogens is 370 g/mol. The average Bonchev–Trinajstić information content (AvgIpc) is 2.74. The highest BCUT2D eigenvalue weighted by Gasteiger charge is 2.13. The highest BCUT2D eigenvalue weighted by molar-refractivity contribution is 8.00. The van der Waals surface area contributed by atoms with Crippen LogP contribution in [0.2, 0.25) is 0 Å². The number of anilines is 1. The molecule has 0 radical (unpaired) electrons. The molecule has 0 atom stereocenters. The molecule has 1 aliphatic rings. The van der Waals surface area contributed by atoms with Gasteiger partial charge in [0.1, 0.15) is 13.2 Å². The summed E-state index contributed by atoms with van der Waals surface area (Å²) in [5.41, 5.74) is 3.18. The number of hydrogen-bond acceptors (Lipinski definition) is 4. The first kappa shape index (κ1) is 18.4. The molecule has 28 heavy (non-hydrogen) atoms.